The molecule has 0 unspecified atom stereocenters. The maximum Gasteiger partial charge on any atom is 0.313 e. The van der Waals surface area contributed by atoms with E-state index in [1.54, 1.807) is 7.05 Å². The maximum absolute atomic E-state index is 11.9. The molecule has 0 saturated carbocycles. The van der Waals surface area contributed by atoms with Gasteiger partial charge < -0.3 is 10.2 Å². The van der Waals surface area contributed by atoms with E-state index in [2.05, 4.69) is 5.32 Å². The summed E-state index contributed by atoms with van der Waals surface area (Å²) in [4.78, 5) is 25.2. The molecule has 2 amide bonds. The van der Waals surface area contributed by atoms with Crippen molar-refractivity contribution < 1.29 is 9.59 Å². The van der Waals surface area contributed by atoms with Crippen LogP contribution in [0, 0.1) is 19.8 Å². The molecule has 0 saturated heterocycles. The number of hydrogen-bond donors (Lipinski definition) is 1. The minimum Gasteiger partial charge on any atom is -0.337 e. The fraction of sp³-hybridized carbons (Fsp3) is 0.467. The Morgan fingerprint density at radius 1 is 1.26 bits per heavy atom. The monoisotopic (exact) mass is 262 g/mol. The van der Waals surface area contributed by atoms with E-state index in [1.807, 2.05) is 45.9 Å². The Labute approximate surface area is 114 Å². The number of nitrogens with zero attached hydrogens (tertiary/aromatic N) is 1. The second-order valence-corrected chi connectivity index (χ2v) is 5.35. The molecule has 0 aliphatic heterocycles. The number of anilines is 1. The fourth-order valence-corrected chi connectivity index (χ4v) is 1.85. The van der Waals surface area contributed by atoms with Crippen LogP contribution in [0.1, 0.15) is 25.0 Å². The molecule has 19 heavy (non-hydrogen) atoms. The molecule has 0 fully saturated rings. The molecule has 1 aromatic rings. The minimum atomic E-state index is -0.586. The number of amides is 2. The van der Waals surface area contributed by atoms with Crippen molar-refractivity contribution in [1.82, 2.24) is 4.90 Å². The van der Waals surface area contributed by atoms with Crippen LogP contribution in [0.15, 0.2) is 18.2 Å². The Morgan fingerprint density at radius 2 is 1.89 bits per heavy atom. The summed E-state index contributed by atoms with van der Waals surface area (Å²) in [5.74, 6) is -0.756. The van der Waals surface area contributed by atoms with E-state index in [9.17, 15) is 9.59 Å². The van der Waals surface area contributed by atoms with Crippen LogP contribution in [-0.2, 0) is 9.59 Å². The average Bonchev–Trinajstić information content (AvgIpc) is 2.31. The van der Waals surface area contributed by atoms with Crippen LogP contribution in [0.25, 0.3) is 0 Å². The second kappa shape index (κ2) is 6.36. The molecule has 0 aromatic heterocycles. The first kappa shape index (κ1) is 15.2. The van der Waals surface area contributed by atoms with E-state index in [0.29, 0.717) is 18.2 Å². The largest absolute Gasteiger partial charge is 0.337 e. The first-order valence-electron chi connectivity index (χ1n) is 6.45. The van der Waals surface area contributed by atoms with Crippen LogP contribution in [0.3, 0.4) is 0 Å². The summed E-state index contributed by atoms with van der Waals surface area (Å²) in [6.45, 7) is 8.43. The highest BCUT2D eigenvalue weighted by atomic mass is 16.2. The molecule has 4 nitrogen and oxygen atoms in total. The molecule has 104 valence electrons. The number of aryl methyl sites for hydroxylation is 2. The van der Waals surface area contributed by atoms with Gasteiger partial charge >= 0.3 is 11.8 Å². The zero-order chi connectivity index (χ0) is 14.6. The van der Waals surface area contributed by atoms with Gasteiger partial charge in [0.25, 0.3) is 0 Å². The van der Waals surface area contributed by atoms with Gasteiger partial charge in [-0.3, -0.25) is 9.59 Å². The lowest BCUT2D eigenvalue weighted by atomic mass is 10.1. The smallest absolute Gasteiger partial charge is 0.313 e. The van der Waals surface area contributed by atoms with E-state index >= 15 is 0 Å². The van der Waals surface area contributed by atoms with Crippen molar-refractivity contribution in [3.05, 3.63) is 29.3 Å². The molecule has 0 heterocycles. The van der Waals surface area contributed by atoms with Crippen molar-refractivity contribution >= 4 is 17.5 Å². The van der Waals surface area contributed by atoms with E-state index in [0.717, 1.165) is 11.1 Å². The highest BCUT2D eigenvalue weighted by Crippen LogP contribution is 2.16. The van der Waals surface area contributed by atoms with E-state index < -0.39 is 11.8 Å². The summed E-state index contributed by atoms with van der Waals surface area (Å²) in [5.41, 5.74) is 2.68. The normalized spacial score (nSPS) is 10.4. The van der Waals surface area contributed by atoms with Crippen molar-refractivity contribution in [2.75, 3.05) is 18.9 Å². The van der Waals surface area contributed by atoms with Gasteiger partial charge in [-0.1, -0.05) is 26.0 Å². The SMILES string of the molecule is Cc1ccc(C)c(NC(=O)C(=O)N(C)CC(C)C)c1. The van der Waals surface area contributed by atoms with Crippen LogP contribution >= 0.6 is 0 Å². The van der Waals surface area contributed by atoms with Crippen molar-refractivity contribution in [3.63, 3.8) is 0 Å². The van der Waals surface area contributed by atoms with E-state index in [1.165, 1.54) is 4.90 Å². The molecule has 0 aliphatic carbocycles. The molecule has 0 radical (unpaired) electrons. The van der Waals surface area contributed by atoms with Gasteiger partial charge in [-0.25, -0.2) is 0 Å². The van der Waals surface area contributed by atoms with E-state index in [-0.39, 0.29) is 0 Å². The first-order valence-corrected chi connectivity index (χ1v) is 6.45. The summed E-state index contributed by atoms with van der Waals surface area (Å²) in [6, 6.07) is 5.76. The number of hydrogen-bond acceptors (Lipinski definition) is 2. The summed E-state index contributed by atoms with van der Waals surface area (Å²) in [7, 11) is 1.64. The Hall–Kier alpha value is -1.84. The minimum absolute atomic E-state index is 0.336. The van der Waals surface area contributed by atoms with Gasteiger partial charge in [0, 0.05) is 19.3 Å². The number of carbonyl (C=O) groups is 2. The maximum atomic E-state index is 11.9. The predicted molar refractivity (Wildman–Crippen MR) is 77.0 cm³/mol. The van der Waals surface area contributed by atoms with Gasteiger partial charge in [0.05, 0.1) is 0 Å². The standard InChI is InChI=1S/C15H22N2O2/c1-10(2)9-17(5)15(19)14(18)16-13-8-11(3)6-7-12(13)4/h6-8,10H,9H2,1-5H3,(H,16,18). The molecule has 0 atom stereocenters. The van der Waals surface area contributed by atoms with Crippen LogP contribution in [0.2, 0.25) is 0 Å². The van der Waals surface area contributed by atoms with Gasteiger partial charge in [-0.15, -0.1) is 0 Å². The Bertz CT molecular complexity index is 481. The molecule has 0 aliphatic rings. The Kier molecular flexibility index (Phi) is 5.10. The number of nitrogens with one attached hydrogen (secondary N) is 1. The summed E-state index contributed by atoms with van der Waals surface area (Å²) < 4.78 is 0. The van der Waals surface area contributed by atoms with Gasteiger partial charge in [0.1, 0.15) is 0 Å². The molecular weight excluding hydrogens is 240 g/mol. The molecular formula is C15H22N2O2. The molecule has 0 spiro atoms. The molecule has 1 N–H and O–H groups in total. The number of carbonyl (C=O) groups excluding carboxylic acids is 2. The lowest BCUT2D eigenvalue weighted by molar-refractivity contribution is -0.142. The van der Waals surface area contributed by atoms with Gasteiger partial charge in [-0.05, 0) is 37.0 Å². The Morgan fingerprint density at radius 3 is 2.47 bits per heavy atom. The first-order chi connectivity index (χ1) is 8.81. The number of rotatable bonds is 3. The van der Waals surface area contributed by atoms with Gasteiger partial charge in [0.15, 0.2) is 0 Å². The van der Waals surface area contributed by atoms with Crippen molar-refractivity contribution in [2.45, 2.75) is 27.7 Å². The third-order valence-corrected chi connectivity index (χ3v) is 2.82. The van der Waals surface area contributed by atoms with Crippen molar-refractivity contribution in [3.8, 4) is 0 Å². The fourth-order valence-electron chi connectivity index (χ4n) is 1.85. The zero-order valence-corrected chi connectivity index (χ0v) is 12.3. The van der Waals surface area contributed by atoms with Crippen LogP contribution in [0.4, 0.5) is 5.69 Å². The third-order valence-electron chi connectivity index (χ3n) is 2.82. The predicted octanol–water partition coefficient (Wildman–Crippen LogP) is 2.36. The zero-order valence-electron chi connectivity index (χ0n) is 12.3. The Balaban J connectivity index is 2.74. The topological polar surface area (TPSA) is 49.4 Å². The van der Waals surface area contributed by atoms with Crippen LogP contribution < -0.4 is 5.32 Å². The second-order valence-electron chi connectivity index (χ2n) is 5.35. The molecule has 1 aromatic carbocycles. The quantitative estimate of drug-likeness (QED) is 0.850. The average molecular weight is 262 g/mol. The third kappa shape index (κ3) is 4.39. The number of likely N-dealkylation sites (N-methyl/N-ethyl adjacent to an activating group) is 1. The van der Waals surface area contributed by atoms with Gasteiger partial charge in [0.2, 0.25) is 0 Å². The highest BCUT2D eigenvalue weighted by molar-refractivity contribution is 6.39. The summed E-state index contributed by atoms with van der Waals surface area (Å²) in [6.07, 6.45) is 0. The summed E-state index contributed by atoms with van der Waals surface area (Å²) >= 11 is 0. The summed E-state index contributed by atoms with van der Waals surface area (Å²) in [5, 5.41) is 2.67. The van der Waals surface area contributed by atoms with Crippen molar-refractivity contribution in [1.29, 1.82) is 0 Å². The van der Waals surface area contributed by atoms with Crippen LogP contribution in [-0.4, -0.2) is 30.3 Å². The highest BCUT2D eigenvalue weighted by Gasteiger charge is 2.19. The van der Waals surface area contributed by atoms with Crippen molar-refractivity contribution in [2.24, 2.45) is 5.92 Å². The van der Waals surface area contributed by atoms with E-state index in [4.69, 9.17) is 0 Å². The van der Waals surface area contributed by atoms with Crippen LogP contribution in [0.5, 0.6) is 0 Å². The number of benzene rings is 1. The molecule has 0 bridgehead atoms. The lowest BCUT2D eigenvalue weighted by Gasteiger charge is -2.19. The van der Waals surface area contributed by atoms with Gasteiger partial charge in [-0.2, -0.15) is 0 Å². The molecule has 1 rings (SSSR count). The molecule has 4 heteroatoms. The lowest BCUT2D eigenvalue weighted by Crippen LogP contribution is -2.39.